The van der Waals surface area contributed by atoms with Gasteiger partial charge in [0.1, 0.15) is 6.54 Å². The van der Waals surface area contributed by atoms with E-state index in [1.54, 1.807) is 23.8 Å². The van der Waals surface area contributed by atoms with Crippen LogP contribution in [0.1, 0.15) is 0 Å². The highest BCUT2D eigenvalue weighted by Gasteiger charge is 2.06. The Hall–Kier alpha value is -1.47. The summed E-state index contributed by atoms with van der Waals surface area (Å²) in [7, 11) is 0. The van der Waals surface area contributed by atoms with Crippen LogP contribution in [0.5, 0.6) is 0 Å². The van der Waals surface area contributed by atoms with Crippen molar-refractivity contribution in [3.8, 4) is 0 Å². The average Bonchev–Trinajstić information content (AvgIpc) is 2.76. The van der Waals surface area contributed by atoms with Crippen LogP contribution in [-0.4, -0.2) is 15.5 Å². The summed E-state index contributed by atoms with van der Waals surface area (Å²) >= 11 is 4.57. The molecule has 7 heteroatoms. The summed E-state index contributed by atoms with van der Waals surface area (Å²) in [5, 5.41) is 4.90. The molecule has 0 aliphatic heterocycles. The normalized spacial score (nSPS) is 10.2. The second-order valence-corrected chi connectivity index (χ2v) is 5.01. The van der Waals surface area contributed by atoms with Crippen molar-refractivity contribution in [2.75, 3.05) is 5.32 Å². The second-order valence-electron chi connectivity index (χ2n) is 3.20. The van der Waals surface area contributed by atoms with Crippen LogP contribution in [0.4, 0.5) is 5.13 Å². The van der Waals surface area contributed by atoms with Crippen LogP contribution in [0.2, 0.25) is 0 Å². The Labute approximate surface area is 109 Å². The summed E-state index contributed by atoms with van der Waals surface area (Å²) in [5.74, 6) is -0.278. The number of nitrogens with zero attached hydrogens (tertiary/aromatic N) is 2. The van der Waals surface area contributed by atoms with E-state index in [1.165, 1.54) is 22.0 Å². The minimum Gasteiger partial charge on any atom is -0.305 e. The molecule has 88 valence electrons. The molecule has 1 amide bonds. The van der Waals surface area contributed by atoms with Crippen LogP contribution in [0.25, 0.3) is 0 Å². The maximum Gasteiger partial charge on any atom is 0.251 e. The minimum absolute atomic E-state index is 0.0299. The number of aromatic nitrogens is 2. The third-order valence-corrected chi connectivity index (χ3v) is 3.10. The van der Waals surface area contributed by atoms with Crippen LogP contribution >= 0.6 is 27.3 Å². The monoisotopic (exact) mass is 313 g/mol. The standard InChI is InChI=1S/C10H8BrN3O2S/c11-7-1-2-9(16)14(5-7)6-8(15)13-10-12-3-4-17-10/h1-5H,6H2,(H,12,13,15). The number of thiazole rings is 1. The molecule has 0 aliphatic carbocycles. The fraction of sp³-hybridized carbons (Fsp3) is 0.100. The Morgan fingerprint density at radius 2 is 2.35 bits per heavy atom. The van der Waals surface area contributed by atoms with Crippen molar-refractivity contribution in [2.45, 2.75) is 6.54 Å². The van der Waals surface area contributed by atoms with Gasteiger partial charge >= 0.3 is 0 Å². The SMILES string of the molecule is O=C(Cn1cc(Br)ccc1=O)Nc1nccs1. The van der Waals surface area contributed by atoms with Crippen molar-refractivity contribution >= 4 is 38.3 Å². The number of nitrogens with one attached hydrogen (secondary N) is 1. The van der Waals surface area contributed by atoms with Gasteiger partial charge in [0.25, 0.3) is 5.56 Å². The number of amides is 1. The van der Waals surface area contributed by atoms with E-state index in [2.05, 4.69) is 26.2 Å². The molecular formula is C10H8BrN3O2S. The molecular weight excluding hydrogens is 306 g/mol. The first-order chi connectivity index (χ1) is 8.15. The minimum atomic E-state index is -0.278. The fourth-order valence-electron chi connectivity index (χ4n) is 1.22. The van der Waals surface area contributed by atoms with E-state index in [0.29, 0.717) is 5.13 Å². The number of hydrogen-bond donors (Lipinski definition) is 1. The molecule has 17 heavy (non-hydrogen) atoms. The molecule has 2 aromatic rings. The zero-order valence-electron chi connectivity index (χ0n) is 8.59. The van der Waals surface area contributed by atoms with Crippen molar-refractivity contribution in [3.63, 3.8) is 0 Å². The van der Waals surface area contributed by atoms with Crippen molar-refractivity contribution in [1.29, 1.82) is 0 Å². The van der Waals surface area contributed by atoms with Gasteiger partial charge in [-0.15, -0.1) is 11.3 Å². The number of carbonyl (C=O) groups is 1. The third kappa shape index (κ3) is 3.24. The number of pyridine rings is 1. The topological polar surface area (TPSA) is 64.0 Å². The van der Waals surface area contributed by atoms with Gasteiger partial charge in [0.05, 0.1) is 0 Å². The molecule has 2 heterocycles. The quantitative estimate of drug-likeness (QED) is 0.938. The molecule has 0 fully saturated rings. The lowest BCUT2D eigenvalue weighted by Crippen LogP contribution is -2.26. The summed E-state index contributed by atoms with van der Waals surface area (Å²) in [6, 6.07) is 3.04. The number of rotatable bonds is 3. The van der Waals surface area contributed by atoms with Gasteiger partial charge in [0, 0.05) is 28.3 Å². The Bertz CT molecular complexity index is 579. The number of anilines is 1. The van der Waals surface area contributed by atoms with Gasteiger partial charge in [0.15, 0.2) is 5.13 Å². The number of carbonyl (C=O) groups excluding carboxylic acids is 1. The number of halogens is 1. The zero-order valence-corrected chi connectivity index (χ0v) is 11.0. The van der Waals surface area contributed by atoms with E-state index in [9.17, 15) is 9.59 Å². The van der Waals surface area contributed by atoms with Gasteiger partial charge in [-0.2, -0.15) is 0 Å². The van der Waals surface area contributed by atoms with E-state index in [4.69, 9.17) is 0 Å². The van der Waals surface area contributed by atoms with Crippen molar-refractivity contribution in [3.05, 3.63) is 44.7 Å². The highest BCUT2D eigenvalue weighted by Crippen LogP contribution is 2.10. The van der Waals surface area contributed by atoms with E-state index in [-0.39, 0.29) is 18.0 Å². The molecule has 0 aromatic carbocycles. The van der Waals surface area contributed by atoms with Crippen LogP contribution in [0, 0.1) is 0 Å². The highest BCUT2D eigenvalue weighted by atomic mass is 79.9. The average molecular weight is 314 g/mol. The number of hydrogen-bond acceptors (Lipinski definition) is 4. The largest absolute Gasteiger partial charge is 0.305 e. The molecule has 0 spiro atoms. The molecule has 0 bridgehead atoms. The van der Waals surface area contributed by atoms with Crippen LogP contribution in [-0.2, 0) is 11.3 Å². The first-order valence-corrected chi connectivity index (χ1v) is 6.38. The Morgan fingerprint density at radius 1 is 1.53 bits per heavy atom. The lowest BCUT2D eigenvalue weighted by atomic mass is 10.4. The summed E-state index contributed by atoms with van der Waals surface area (Å²) in [6.45, 7) is -0.0299. The first-order valence-electron chi connectivity index (χ1n) is 4.70. The molecule has 2 aromatic heterocycles. The zero-order chi connectivity index (χ0) is 12.3. The molecule has 1 N–H and O–H groups in total. The summed E-state index contributed by atoms with van der Waals surface area (Å²) < 4.78 is 2.08. The van der Waals surface area contributed by atoms with Gasteiger partial charge in [-0.05, 0) is 22.0 Å². The van der Waals surface area contributed by atoms with E-state index < -0.39 is 0 Å². The first kappa shape index (κ1) is 12.0. The van der Waals surface area contributed by atoms with E-state index >= 15 is 0 Å². The smallest absolute Gasteiger partial charge is 0.251 e. The van der Waals surface area contributed by atoms with Crippen LogP contribution in [0.3, 0.4) is 0 Å². The predicted molar refractivity (Wildman–Crippen MR) is 69.1 cm³/mol. The van der Waals surface area contributed by atoms with Gasteiger partial charge in [-0.3, -0.25) is 9.59 Å². The molecule has 0 saturated carbocycles. The molecule has 5 nitrogen and oxygen atoms in total. The summed E-state index contributed by atoms with van der Waals surface area (Å²) in [6.07, 6.45) is 3.18. The third-order valence-electron chi connectivity index (χ3n) is 1.94. The summed E-state index contributed by atoms with van der Waals surface area (Å²) in [5.41, 5.74) is -0.220. The summed E-state index contributed by atoms with van der Waals surface area (Å²) in [4.78, 5) is 27.0. The van der Waals surface area contributed by atoms with Crippen LogP contribution in [0.15, 0.2) is 39.2 Å². The Morgan fingerprint density at radius 3 is 3.06 bits per heavy atom. The van der Waals surface area contributed by atoms with Gasteiger partial charge in [-0.25, -0.2) is 4.98 Å². The lowest BCUT2D eigenvalue weighted by Gasteiger charge is -2.05. The van der Waals surface area contributed by atoms with Crippen molar-refractivity contribution < 1.29 is 4.79 Å². The van der Waals surface area contributed by atoms with Gasteiger partial charge in [0.2, 0.25) is 5.91 Å². The van der Waals surface area contributed by atoms with E-state index in [1.807, 2.05) is 0 Å². The van der Waals surface area contributed by atoms with Gasteiger partial charge < -0.3 is 9.88 Å². The molecule has 0 atom stereocenters. The molecule has 0 radical (unpaired) electrons. The Balaban J connectivity index is 2.08. The van der Waals surface area contributed by atoms with Crippen molar-refractivity contribution in [2.24, 2.45) is 0 Å². The van der Waals surface area contributed by atoms with E-state index in [0.717, 1.165) is 4.47 Å². The lowest BCUT2D eigenvalue weighted by molar-refractivity contribution is -0.116. The molecule has 0 unspecified atom stereocenters. The Kier molecular flexibility index (Phi) is 3.70. The highest BCUT2D eigenvalue weighted by molar-refractivity contribution is 9.10. The second kappa shape index (κ2) is 5.24. The van der Waals surface area contributed by atoms with Crippen LogP contribution < -0.4 is 10.9 Å². The molecule has 0 saturated heterocycles. The predicted octanol–water partition coefficient (Wildman–Crippen LogP) is 1.71. The van der Waals surface area contributed by atoms with Gasteiger partial charge in [-0.1, -0.05) is 0 Å². The maximum absolute atomic E-state index is 11.6. The fourth-order valence-corrected chi connectivity index (χ4v) is 2.15. The maximum atomic E-state index is 11.6. The molecule has 2 rings (SSSR count). The molecule has 0 aliphatic rings. The van der Waals surface area contributed by atoms with Crippen molar-refractivity contribution in [1.82, 2.24) is 9.55 Å².